The monoisotopic (exact) mass is 598 g/mol. The van der Waals surface area contributed by atoms with E-state index in [9.17, 15) is 0 Å². The normalized spacial score (nSPS) is 11.7. The van der Waals surface area contributed by atoms with Crippen LogP contribution in [0.5, 0.6) is 11.5 Å². The van der Waals surface area contributed by atoms with Crippen molar-refractivity contribution in [3.8, 4) is 11.5 Å². The van der Waals surface area contributed by atoms with Gasteiger partial charge in [-0.05, 0) is 83.8 Å². The summed E-state index contributed by atoms with van der Waals surface area (Å²) < 4.78 is 12.2. The standard InChI is InChI=1S/C38H46N2O2.ClH/c1-5-39(6-2)27-29-41-35-23-19-33(20-24-35)37(31-15-11-9-12-16-31)38(32-17-13-10-14-18-32)34-21-25-36(26-22-34)42-30-28-40(7-3)8-4;/h9-26H,5-8,27-30H2,1-4H3;1H/b38-37+;. The molecular weight excluding hydrogens is 552 g/mol. The van der Waals surface area contributed by atoms with Crippen molar-refractivity contribution in [2.75, 3.05) is 52.5 Å². The molecule has 43 heavy (non-hydrogen) atoms. The lowest BCUT2D eigenvalue weighted by atomic mass is 9.86. The summed E-state index contributed by atoms with van der Waals surface area (Å²) in [6, 6.07) is 38.4. The molecule has 4 nitrogen and oxygen atoms in total. The van der Waals surface area contributed by atoms with Crippen molar-refractivity contribution >= 4 is 23.6 Å². The Bertz CT molecular complexity index is 1240. The molecule has 4 aromatic rings. The predicted molar refractivity (Wildman–Crippen MR) is 185 cm³/mol. The van der Waals surface area contributed by atoms with E-state index in [-0.39, 0.29) is 12.4 Å². The molecule has 0 spiro atoms. The number of halogens is 1. The molecule has 0 atom stereocenters. The van der Waals surface area contributed by atoms with Crippen LogP contribution in [0.2, 0.25) is 0 Å². The highest BCUT2D eigenvalue weighted by Gasteiger charge is 2.16. The van der Waals surface area contributed by atoms with Crippen molar-refractivity contribution in [1.29, 1.82) is 0 Å². The SMILES string of the molecule is CCN(CC)CCOc1ccc(/C(=C(\c2ccccc2)c2ccc(OCCN(CC)CC)cc2)c2ccccc2)cc1.Cl. The first kappa shape index (κ1) is 33.9. The van der Waals surface area contributed by atoms with E-state index in [1.165, 1.54) is 22.3 Å². The maximum atomic E-state index is 6.11. The van der Waals surface area contributed by atoms with E-state index in [1.54, 1.807) is 0 Å². The summed E-state index contributed by atoms with van der Waals surface area (Å²) >= 11 is 0. The van der Waals surface area contributed by atoms with Crippen LogP contribution in [0.1, 0.15) is 49.9 Å². The Balaban J connectivity index is 0.00000506. The molecule has 0 aliphatic carbocycles. The fourth-order valence-electron chi connectivity index (χ4n) is 5.22. The molecule has 0 aliphatic heterocycles. The number of hydrogen-bond donors (Lipinski definition) is 0. The zero-order valence-electron chi connectivity index (χ0n) is 26.2. The Labute approximate surface area is 265 Å². The van der Waals surface area contributed by atoms with E-state index in [0.29, 0.717) is 13.2 Å². The molecule has 0 aliphatic rings. The second-order valence-corrected chi connectivity index (χ2v) is 10.3. The highest BCUT2D eigenvalue weighted by molar-refractivity contribution is 6.04. The maximum Gasteiger partial charge on any atom is 0.119 e. The number of hydrogen-bond acceptors (Lipinski definition) is 4. The average Bonchev–Trinajstić information content (AvgIpc) is 3.05. The van der Waals surface area contributed by atoms with Crippen molar-refractivity contribution in [3.63, 3.8) is 0 Å². The van der Waals surface area contributed by atoms with Crippen LogP contribution in [-0.2, 0) is 0 Å². The van der Waals surface area contributed by atoms with Crippen molar-refractivity contribution in [1.82, 2.24) is 9.80 Å². The van der Waals surface area contributed by atoms with Gasteiger partial charge in [-0.2, -0.15) is 0 Å². The Kier molecular flexibility index (Phi) is 14.3. The Hall–Kier alpha value is -3.57. The fourth-order valence-corrected chi connectivity index (χ4v) is 5.22. The molecule has 0 saturated carbocycles. The van der Waals surface area contributed by atoms with E-state index < -0.39 is 0 Å². The lowest BCUT2D eigenvalue weighted by molar-refractivity contribution is 0.223. The Morgan fingerprint density at radius 1 is 0.442 bits per heavy atom. The molecule has 5 heteroatoms. The van der Waals surface area contributed by atoms with Crippen molar-refractivity contribution in [2.45, 2.75) is 27.7 Å². The van der Waals surface area contributed by atoms with Gasteiger partial charge in [-0.3, -0.25) is 0 Å². The van der Waals surface area contributed by atoms with E-state index in [4.69, 9.17) is 9.47 Å². The van der Waals surface area contributed by atoms with Gasteiger partial charge < -0.3 is 19.3 Å². The van der Waals surface area contributed by atoms with Crippen LogP contribution in [0, 0.1) is 0 Å². The second kappa shape index (κ2) is 18.2. The molecule has 0 saturated heterocycles. The highest BCUT2D eigenvalue weighted by Crippen LogP contribution is 2.37. The molecule has 0 fully saturated rings. The summed E-state index contributed by atoms with van der Waals surface area (Å²) in [4.78, 5) is 4.75. The van der Waals surface area contributed by atoms with Crippen LogP contribution in [0.25, 0.3) is 11.1 Å². The average molecular weight is 599 g/mol. The molecule has 0 amide bonds. The largest absolute Gasteiger partial charge is 0.492 e. The molecular formula is C38H47ClN2O2. The van der Waals surface area contributed by atoms with Crippen LogP contribution in [-0.4, -0.2) is 62.3 Å². The van der Waals surface area contributed by atoms with Gasteiger partial charge in [0.15, 0.2) is 0 Å². The van der Waals surface area contributed by atoms with Gasteiger partial charge in [0, 0.05) is 13.1 Å². The smallest absolute Gasteiger partial charge is 0.119 e. The third kappa shape index (κ3) is 9.72. The van der Waals surface area contributed by atoms with E-state index in [0.717, 1.165) is 61.9 Å². The molecule has 0 bridgehead atoms. The van der Waals surface area contributed by atoms with Crippen LogP contribution in [0.15, 0.2) is 109 Å². The topological polar surface area (TPSA) is 24.9 Å². The zero-order valence-corrected chi connectivity index (χ0v) is 27.0. The van der Waals surface area contributed by atoms with Crippen molar-refractivity contribution in [3.05, 3.63) is 131 Å². The molecule has 0 aromatic heterocycles. The Morgan fingerprint density at radius 2 is 0.744 bits per heavy atom. The van der Waals surface area contributed by atoms with Gasteiger partial charge >= 0.3 is 0 Å². The van der Waals surface area contributed by atoms with E-state index >= 15 is 0 Å². The quantitative estimate of drug-likeness (QED) is 0.121. The summed E-state index contributed by atoms with van der Waals surface area (Å²) in [5.41, 5.74) is 7.02. The molecule has 0 unspecified atom stereocenters. The molecule has 4 aromatic carbocycles. The minimum absolute atomic E-state index is 0. The van der Waals surface area contributed by atoms with Crippen LogP contribution >= 0.6 is 12.4 Å². The van der Waals surface area contributed by atoms with Crippen LogP contribution in [0.4, 0.5) is 0 Å². The van der Waals surface area contributed by atoms with Gasteiger partial charge in [0.2, 0.25) is 0 Å². The van der Waals surface area contributed by atoms with Gasteiger partial charge in [-0.1, -0.05) is 113 Å². The molecule has 0 heterocycles. The summed E-state index contributed by atoms with van der Waals surface area (Å²) in [6.45, 7) is 16.1. The van der Waals surface area contributed by atoms with Gasteiger partial charge in [0.05, 0.1) is 0 Å². The van der Waals surface area contributed by atoms with Crippen LogP contribution in [0.3, 0.4) is 0 Å². The second-order valence-electron chi connectivity index (χ2n) is 10.3. The number of ether oxygens (including phenoxy) is 2. The van der Waals surface area contributed by atoms with Gasteiger partial charge in [0.25, 0.3) is 0 Å². The van der Waals surface area contributed by atoms with Crippen LogP contribution < -0.4 is 9.47 Å². The molecule has 228 valence electrons. The third-order valence-corrected chi connectivity index (χ3v) is 7.80. The zero-order chi connectivity index (χ0) is 29.6. The Morgan fingerprint density at radius 3 is 1.05 bits per heavy atom. The first-order valence-electron chi connectivity index (χ1n) is 15.4. The van der Waals surface area contributed by atoms with Crippen molar-refractivity contribution < 1.29 is 9.47 Å². The predicted octanol–water partition coefficient (Wildman–Crippen LogP) is 8.56. The summed E-state index contributed by atoms with van der Waals surface area (Å²) in [5.74, 6) is 1.79. The lowest BCUT2D eigenvalue weighted by Crippen LogP contribution is -2.27. The van der Waals surface area contributed by atoms with E-state index in [1.807, 2.05) is 0 Å². The van der Waals surface area contributed by atoms with Gasteiger partial charge in [-0.25, -0.2) is 0 Å². The minimum atomic E-state index is 0. The lowest BCUT2D eigenvalue weighted by Gasteiger charge is -2.20. The number of nitrogens with zero attached hydrogens (tertiary/aromatic N) is 2. The first-order valence-corrected chi connectivity index (χ1v) is 15.4. The summed E-state index contributed by atoms with van der Waals surface area (Å²) in [5, 5.41) is 0. The number of benzene rings is 4. The first-order chi connectivity index (χ1) is 20.7. The summed E-state index contributed by atoms with van der Waals surface area (Å²) in [7, 11) is 0. The number of rotatable bonds is 16. The van der Waals surface area contributed by atoms with Gasteiger partial charge in [-0.15, -0.1) is 12.4 Å². The van der Waals surface area contributed by atoms with Crippen molar-refractivity contribution in [2.24, 2.45) is 0 Å². The molecule has 0 radical (unpaired) electrons. The summed E-state index contributed by atoms with van der Waals surface area (Å²) in [6.07, 6.45) is 0. The van der Waals surface area contributed by atoms with Gasteiger partial charge in [0.1, 0.15) is 24.7 Å². The third-order valence-electron chi connectivity index (χ3n) is 7.80. The molecule has 0 N–H and O–H groups in total. The molecule has 4 rings (SSSR count). The minimum Gasteiger partial charge on any atom is -0.492 e. The fraction of sp³-hybridized carbons (Fsp3) is 0.316. The van der Waals surface area contributed by atoms with E-state index in [2.05, 4.69) is 147 Å². The number of likely N-dealkylation sites (N-methyl/N-ethyl adjacent to an activating group) is 2. The highest BCUT2D eigenvalue weighted by atomic mass is 35.5. The maximum absolute atomic E-state index is 6.11.